The molecule has 3 aliphatic rings. The van der Waals surface area contributed by atoms with Crippen molar-refractivity contribution in [2.24, 2.45) is 0 Å². The summed E-state index contributed by atoms with van der Waals surface area (Å²) in [5.74, 6) is -0.281. The van der Waals surface area contributed by atoms with Crippen LogP contribution in [0.5, 0.6) is 0 Å². The average Bonchev–Trinajstić information content (AvgIpc) is 3.69. The van der Waals surface area contributed by atoms with Crippen molar-refractivity contribution in [3.8, 4) is 0 Å². The standard InChI is InChI=1S/C64H115NO18/c1-3-5-7-9-11-12-13-14-15-16-17-18-19-20-21-22-23-24-25-26-27-28-29-30-31-32-33-34-36-38-40-42-52(70)65-47(48(69)41-39-37-35-10-8-6-4-2)46-78-62-58(76)55(73)60(50(44-67)80-62)83-64-59(77)56(74)61(51(45-68)81-64)82-63-57(75)54(72)53(71)49(43-66)79-63/h13-14,16-17,19-20,39,41,47-51,53-64,66-69,71-77H,3-12,15,18,21-38,40,42-46H2,1-2H3,(H,65,70)/b14-13-,17-16-,20-19-,41-39+. The van der Waals surface area contributed by atoms with E-state index in [2.05, 4.69) is 55.6 Å². The molecule has 12 N–H and O–H groups in total. The van der Waals surface area contributed by atoms with Crippen molar-refractivity contribution in [2.75, 3.05) is 26.4 Å². The summed E-state index contributed by atoms with van der Waals surface area (Å²) in [6.07, 6.45) is 27.3. The van der Waals surface area contributed by atoms with E-state index in [1.807, 2.05) is 6.08 Å². The Morgan fingerprint density at radius 3 is 1.24 bits per heavy atom. The maximum Gasteiger partial charge on any atom is 0.220 e. The van der Waals surface area contributed by atoms with Gasteiger partial charge in [0.15, 0.2) is 18.9 Å². The van der Waals surface area contributed by atoms with E-state index >= 15 is 0 Å². The van der Waals surface area contributed by atoms with Crippen LogP contribution in [0.2, 0.25) is 0 Å². The Labute approximate surface area is 497 Å². The number of carbonyl (C=O) groups is 1. The second kappa shape index (κ2) is 46.8. The quantitative estimate of drug-likeness (QED) is 0.0215. The van der Waals surface area contributed by atoms with Crippen molar-refractivity contribution in [1.29, 1.82) is 0 Å². The van der Waals surface area contributed by atoms with Crippen LogP contribution in [0.4, 0.5) is 0 Å². The zero-order valence-electron chi connectivity index (χ0n) is 50.7. The largest absolute Gasteiger partial charge is 0.394 e. The molecule has 0 aromatic heterocycles. The minimum Gasteiger partial charge on any atom is -0.394 e. The lowest BCUT2D eigenvalue weighted by molar-refractivity contribution is -0.379. The van der Waals surface area contributed by atoms with Crippen LogP contribution in [-0.4, -0.2) is 193 Å². The predicted molar refractivity (Wildman–Crippen MR) is 319 cm³/mol. The van der Waals surface area contributed by atoms with Crippen LogP contribution in [0.15, 0.2) is 48.6 Å². The number of nitrogens with one attached hydrogen (secondary N) is 1. The first kappa shape index (κ1) is 75.0. The van der Waals surface area contributed by atoms with E-state index < -0.39 is 124 Å². The van der Waals surface area contributed by atoms with Gasteiger partial charge in [-0.05, 0) is 57.8 Å². The minimum atomic E-state index is -1.98. The number of aliphatic hydroxyl groups is 11. The van der Waals surface area contributed by atoms with E-state index in [4.69, 9.17) is 28.4 Å². The number of carbonyl (C=O) groups excluding carboxylic acids is 1. The molecule has 3 aliphatic heterocycles. The molecule has 1 amide bonds. The Kier molecular flexibility index (Phi) is 42.3. The molecule has 3 rings (SSSR count). The zero-order valence-corrected chi connectivity index (χ0v) is 50.7. The number of aliphatic hydroxyl groups excluding tert-OH is 11. The third-order valence-electron chi connectivity index (χ3n) is 16.1. The minimum absolute atomic E-state index is 0.242. The molecule has 0 radical (unpaired) electrons. The van der Waals surface area contributed by atoms with Crippen LogP contribution in [-0.2, 0) is 33.2 Å². The lowest BCUT2D eigenvalue weighted by Gasteiger charge is -2.48. The fraction of sp³-hybridized carbons (Fsp3) is 0.859. The number of rotatable bonds is 48. The van der Waals surface area contributed by atoms with Crippen LogP contribution < -0.4 is 5.32 Å². The summed E-state index contributed by atoms with van der Waals surface area (Å²) in [4.78, 5) is 13.3. The number of hydrogen-bond acceptors (Lipinski definition) is 18. The molecule has 3 saturated heterocycles. The summed E-state index contributed by atoms with van der Waals surface area (Å²) in [6, 6.07) is -0.970. The van der Waals surface area contributed by atoms with E-state index in [1.54, 1.807) is 6.08 Å². The first-order valence-corrected chi connectivity index (χ1v) is 32.4. The van der Waals surface area contributed by atoms with Gasteiger partial charge in [0.2, 0.25) is 5.91 Å². The lowest BCUT2D eigenvalue weighted by atomic mass is 9.96. The summed E-state index contributed by atoms with van der Waals surface area (Å²) >= 11 is 0. The molecule has 83 heavy (non-hydrogen) atoms. The van der Waals surface area contributed by atoms with Gasteiger partial charge in [0, 0.05) is 6.42 Å². The average molecular weight is 1190 g/mol. The highest BCUT2D eigenvalue weighted by Crippen LogP contribution is 2.33. The molecular weight excluding hydrogens is 1070 g/mol. The number of unbranched alkanes of at least 4 members (excludes halogenated alkanes) is 26. The van der Waals surface area contributed by atoms with Gasteiger partial charge >= 0.3 is 0 Å². The lowest BCUT2D eigenvalue weighted by Crippen LogP contribution is -2.66. The van der Waals surface area contributed by atoms with E-state index in [-0.39, 0.29) is 18.9 Å². The summed E-state index contributed by atoms with van der Waals surface area (Å²) < 4.78 is 34.2. The summed E-state index contributed by atoms with van der Waals surface area (Å²) in [5.41, 5.74) is 0. The van der Waals surface area contributed by atoms with E-state index in [9.17, 15) is 61.0 Å². The van der Waals surface area contributed by atoms with Crippen LogP contribution in [0.3, 0.4) is 0 Å². The molecule has 0 aromatic carbocycles. The van der Waals surface area contributed by atoms with Crippen molar-refractivity contribution in [1.82, 2.24) is 5.32 Å². The molecule has 17 atom stereocenters. The number of ether oxygens (including phenoxy) is 6. The molecule has 17 unspecified atom stereocenters. The van der Waals surface area contributed by atoms with Crippen molar-refractivity contribution in [3.05, 3.63) is 48.6 Å². The highest BCUT2D eigenvalue weighted by molar-refractivity contribution is 5.76. The van der Waals surface area contributed by atoms with Gasteiger partial charge in [0.25, 0.3) is 0 Å². The second-order valence-corrected chi connectivity index (χ2v) is 23.2. The fourth-order valence-electron chi connectivity index (χ4n) is 10.8. The van der Waals surface area contributed by atoms with Gasteiger partial charge in [0.05, 0.1) is 38.6 Å². The first-order chi connectivity index (χ1) is 40.3. The Morgan fingerprint density at radius 2 is 0.795 bits per heavy atom. The van der Waals surface area contributed by atoms with Crippen molar-refractivity contribution in [3.63, 3.8) is 0 Å². The summed E-state index contributed by atoms with van der Waals surface area (Å²) in [6.45, 7) is 1.63. The number of amides is 1. The highest BCUT2D eigenvalue weighted by atomic mass is 16.8. The van der Waals surface area contributed by atoms with Gasteiger partial charge < -0.3 is 89.9 Å². The molecule has 0 aromatic rings. The molecule has 0 saturated carbocycles. The normalized spacial score (nSPS) is 29.7. The SMILES string of the molecule is CCCCCCC/C=C\C/C=C\C/C=C\CCCCCCCCCCCCCCCCCCC(=O)NC(COC1OC(CO)C(OC2OC(CO)C(OC3OC(CO)C(O)C(O)C3O)C(O)C2O)C(O)C1O)C(O)/C=C/CCCCCCC. The smallest absolute Gasteiger partial charge is 0.220 e. The predicted octanol–water partition coefficient (Wildman–Crippen LogP) is 7.04. The molecule has 484 valence electrons. The Balaban J connectivity index is 1.33. The number of allylic oxidation sites excluding steroid dienone is 7. The maximum atomic E-state index is 13.3. The number of hydrogen-bond donors (Lipinski definition) is 12. The monoisotopic (exact) mass is 1190 g/mol. The van der Waals surface area contributed by atoms with Gasteiger partial charge in [-0.2, -0.15) is 0 Å². The van der Waals surface area contributed by atoms with Crippen molar-refractivity contribution in [2.45, 2.75) is 324 Å². The molecule has 19 nitrogen and oxygen atoms in total. The van der Waals surface area contributed by atoms with Gasteiger partial charge in [-0.15, -0.1) is 0 Å². The van der Waals surface area contributed by atoms with Gasteiger partial charge in [-0.25, -0.2) is 0 Å². The second-order valence-electron chi connectivity index (χ2n) is 23.2. The molecule has 0 bridgehead atoms. The van der Waals surface area contributed by atoms with Crippen LogP contribution >= 0.6 is 0 Å². The van der Waals surface area contributed by atoms with E-state index in [0.717, 1.165) is 70.6 Å². The topological polar surface area (TPSA) is 307 Å². The van der Waals surface area contributed by atoms with Crippen molar-refractivity contribution < 1.29 is 89.4 Å². The van der Waals surface area contributed by atoms with Gasteiger partial charge in [0.1, 0.15) is 73.2 Å². The Hall–Kier alpha value is -2.25. The maximum absolute atomic E-state index is 13.3. The fourth-order valence-corrected chi connectivity index (χ4v) is 10.8. The van der Waals surface area contributed by atoms with E-state index in [0.29, 0.717) is 6.42 Å². The third-order valence-corrected chi connectivity index (χ3v) is 16.1. The molecule has 0 spiro atoms. The van der Waals surface area contributed by atoms with Crippen LogP contribution in [0.25, 0.3) is 0 Å². The first-order valence-electron chi connectivity index (χ1n) is 32.4. The molecular formula is C64H115NO18. The van der Waals surface area contributed by atoms with Crippen LogP contribution in [0, 0.1) is 0 Å². The van der Waals surface area contributed by atoms with Crippen LogP contribution in [0.1, 0.15) is 219 Å². The Bertz CT molecular complexity index is 1700. The summed E-state index contributed by atoms with van der Waals surface area (Å²) in [5, 5.41) is 120. The zero-order chi connectivity index (χ0) is 60.5. The Morgan fingerprint density at radius 1 is 0.434 bits per heavy atom. The molecule has 3 fully saturated rings. The molecule has 0 aliphatic carbocycles. The third kappa shape index (κ3) is 30.0. The van der Waals surface area contributed by atoms with E-state index in [1.165, 1.54) is 122 Å². The van der Waals surface area contributed by atoms with Gasteiger partial charge in [-0.3, -0.25) is 4.79 Å². The molecule has 3 heterocycles. The summed E-state index contributed by atoms with van der Waals surface area (Å²) in [7, 11) is 0. The molecule has 19 heteroatoms. The highest BCUT2D eigenvalue weighted by Gasteiger charge is 2.53. The van der Waals surface area contributed by atoms with Crippen molar-refractivity contribution >= 4 is 5.91 Å². The van der Waals surface area contributed by atoms with Gasteiger partial charge in [-0.1, -0.05) is 204 Å².